The molecule has 1 atom stereocenters. The first-order valence-corrected chi connectivity index (χ1v) is 3.37. The average molecular weight is 155 g/mol. The van der Waals surface area contributed by atoms with Crippen molar-refractivity contribution in [3.05, 3.63) is 10.1 Å². The molecule has 1 aliphatic rings. The van der Waals surface area contributed by atoms with Crippen molar-refractivity contribution in [1.29, 1.82) is 0 Å². The second kappa shape index (κ2) is 2.41. The monoisotopic (exact) mass is 155 g/mol. The average Bonchev–Trinajstić information content (AvgIpc) is 2.33. The minimum Gasteiger partial charge on any atom is -0.358 e. The SMILES string of the molecule is CCC1(C)N=CC([N+](=O)[O-])=N1. The summed E-state index contributed by atoms with van der Waals surface area (Å²) >= 11 is 0. The highest BCUT2D eigenvalue weighted by molar-refractivity contribution is 6.26. The highest BCUT2D eigenvalue weighted by atomic mass is 16.6. The van der Waals surface area contributed by atoms with E-state index < -0.39 is 10.6 Å². The van der Waals surface area contributed by atoms with Crippen LogP contribution in [0.2, 0.25) is 0 Å². The number of hydrogen-bond donors (Lipinski definition) is 0. The van der Waals surface area contributed by atoms with E-state index in [0.29, 0.717) is 6.42 Å². The summed E-state index contributed by atoms with van der Waals surface area (Å²) in [6, 6.07) is 0. The predicted octanol–water partition coefficient (Wildman–Crippen LogP) is 0.872. The summed E-state index contributed by atoms with van der Waals surface area (Å²) in [6.45, 7) is 3.66. The molecule has 0 spiro atoms. The van der Waals surface area contributed by atoms with E-state index >= 15 is 0 Å². The van der Waals surface area contributed by atoms with E-state index in [1.54, 1.807) is 6.92 Å². The fraction of sp³-hybridized carbons (Fsp3) is 0.667. The smallest absolute Gasteiger partial charge is 0.358 e. The molecule has 5 nitrogen and oxygen atoms in total. The van der Waals surface area contributed by atoms with E-state index in [1.165, 1.54) is 6.21 Å². The zero-order valence-electron chi connectivity index (χ0n) is 6.44. The maximum absolute atomic E-state index is 10.2. The van der Waals surface area contributed by atoms with Crippen molar-refractivity contribution < 1.29 is 4.92 Å². The Labute approximate surface area is 64.0 Å². The maximum atomic E-state index is 10.2. The summed E-state index contributed by atoms with van der Waals surface area (Å²) in [7, 11) is 0. The molecule has 0 saturated heterocycles. The van der Waals surface area contributed by atoms with Gasteiger partial charge >= 0.3 is 5.84 Å². The van der Waals surface area contributed by atoms with Gasteiger partial charge in [-0.05, 0) is 9.92 Å². The molecule has 0 aromatic heterocycles. The lowest BCUT2D eigenvalue weighted by atomic mass is 10.2. The number of aliphatic imine (C=N–C) groups is 2. The van der Waals surface area contributed by atoms with Crippen molar-refractivity contribution in [2.45, 2.75) is 25.9 Å². The summed E-state index contributed by atoms with van der Waals surface area (Å²) in [4.78, 5) is 17.4. The first-order chi connectivity index (χ1) is 5.07. The van der Waals surface area contributed by atoms with Crippen LogP contribution in [0, 0.1) is 10.1 Å². The molecular formula is C6H9N3O2. The van der Waals surface area contributed by atoms with Gasteiger partial charge in [0.25, 0.3) is 0 Å². The molecule has 1 rings (SSSR count). The molecule has 0 radical (unpaired) electrons. The molecule has 1 aliphatic heterocycles. The number of amidine groups is 1. The molecule has 0 bridgehead atoms. The minimum absolute atomic E-state index is 0.144. The fourth-order valence-corrected chi connectivity index (χ4v) is 0.760. The van der Waals surface area contributed by atoms with E-state index in [4.69, 9.17) is 0 Å². The van der Waals surface area contributed by atoms with Gasteiger partial charge in [0.15, 0.2) is 0 Å². The molecule has 1 heterocycles. The van der Waals surface area contributed by atoms with Gasteiger partial charge in [0, 0.05) is 13.3 Å². The molecule has 1 unspecified atom stereocenters. The van der Waals surface area contributed by atoms with E-state index in [2.05, 4.69) is 9.98 Å². The van der Waals surface area contributed by atoms with Gasteiger partial charge < -0.3 is 10.1 Å². The van der Waals surface area contributed by atoms with Crippen LogP contribution in [0.1, 0.15) is 20.3 Å². The Kier molecular flexibility index (Phi) is 1.72. The first-order valence-electron chi connectivity index (χ1n) is 3.37. The third-order valence-electron chi connectivity index (χ3n) is 1.67. The van der Waals surface area contributed by atoms with Crippen LogP contribution >= 0.6 is 0 Å². The molecule has 60 valence electrons. The normalized spacial score (nSPS) is 28.7. The van der Waals surface area contributed by atoms with Crippen LogP contribution in [0.3, 0.4) is 0 Å². The third kappa shape index (κ3) is 1.42. The van der Waals surface area contributed by atoms with E-state index in [9.17, 15) is 10.1 Å². The lowest BCUT2D eigenvalue weighted by Crippen LogP contribution is -2.16. The van der Waals surface area contributed by atoms with Gasteiger partial charge in [-0.2, -0.15) is 0 Å². The second-order valence-electron chi connectivity index (χ2n) is 2.56. The van der Waals surface area contributed by atoms with Gasteiger partial charge in [-0.1, -0.05) is 6.92 Å². The zero-order valence-corrected chi connectivity index (χ0v) is 6.44. The summed E-state index contributed by atoms with van der Waals surface area (Å²) in [5.74, 6) is -0.144. The van der Waals surface area contributed by atoms with E-state index in [-0.39, 0.29) is 5.84 Å². The Hall–Kier alpha value is -1.26. The van der Waals surface area contributed by atoms with Crippen LogP contribution in [-0.2, 0) is 0 Å². The van der Waals surface area contributed by atoms with E-state index in [1.807, 2.05) is 6.92 Å². The van der Waals surface area contributed by atoms with Gasteiger partial charge in [-0.15, -0.1) is 0 Å². The number of hydrogen-bond acceptors (Lipinski definition) is 4. The molecule has 0 fully saturated rings. The van der Waals surface area contributed by atoms with Crippen molar-refractivity contribution in [2.75, 3.05) is 0 Å². The Morgan fingerprint density at radius 2 is 2.45 bits per heavy atom. The largest absolute Gasteiger partial charge is 0.378 e. The van der Waals surface area contributed by atoms with Crippen molar-refractivity contribution >= 4 is 12.1 Å². The van der Waals surface area contributed by atoms with Crippen molar-refractivity contribution in [1.82, 2.24) is 0 Å². The summed E-state index contributed by atoms with van der Waals surface area (Å²) < 4.78 is 0. The molecular weight excluding hydrogens is 146 g/mol. The molecule has 0 aromatic carbocycles. The molecule has 0 amide bonds. The molecule has 11 heavy (non-hydrogen) atoms. The Morgan fingerprint density at radius 3 is 2.73 bits per heavy atom. The third-order valence-corrected chi connectivity index (χ3v) is 1.67. The minimum atomic E-state index is -0.595. The molecule has 5 heteroatoms. The predicted molar refractivity (Wildman–Crippen MR) is 41.6 cm³/mol. The number of nitro groups is 1. The molecule has 0 aromatic rings. The zero-order chi connectivity index (χ0) is 8.48. The molecule has 0 N–H and O–H groups in total. The van der Waals surface area contributed by atoms with Crippen molar-refractivity contribution in [2.24, 2.45) is 9.98 Å². The lowest BCUT2D eigenvalue weighted by Gasteiger charge is -2.05. The van der Waals surface area contributed by atoms with Crippen LogP contribution in [0.25, 0.3) is 0 Å². The Bertz CT molecular complexity index is 246. The number of rotatable bonds is 1. The summed E-state index contributed by atoms with van der Waals surface area (Å²) in [5, 5.41) is 10.2. The quantitative estimate of drug-likeness (QED) is 0.416. The maximum Gasteiger partial charge on any atom is 0.378 e. The van der Waals surface area contributed by atoms with Gasteiger partial charge in [0.05, 0.1) is 0 Å². The van der Waals surface area contributed by atoms with Gasteiger partial charge in [-0.25, -0.2) is 4.99 Å². The van der Waals surface area contributed by atoms with Gasteiger partial charge in [-0.3, -0.25) is 0 Å². The number of nitrogens with zero attached hydrogens (tertiary/aromatic N) is 3. The van der Waals surface area contributed by atoms with Crippen molar-refractivity contribution in [3.63, 3.8) is 0 Å². The van der Waals surface area contributed by atoms with Gasteiger partial charge in [0.2, 0.25) is 5.66 Å². The highest BCUT2D eigenvalue weighted by Gasteiger charge is 2.33. The van der Waals surface area contributed by atoms with Gasteiger partial charge in [0.1, 0.15) is 6.21 Å². The van der Waals surface area contributed by atoms with Crippen LogP contribution in [0.4, 0.5) is 0 Å². The van der Waals surface area contributed by atoms with Crippen LogP contribution in [0.15, 0.2) is 9.98 Å². The first kappa shape index (κ1) is 7.84. The van der Waals surface area contributed by atoms with E-state index in [0.717, 1.165) is 0 Å². The lowest BCUT2D eigenvalue weighted by molar-refractivity contribution is -0.345. The highest BCUT2D eigenvalue weighted by Crippen LogP contribution is 2.20. The van der Waals surface area contributed by atoms with Crippen LogP contribution < -0.4 is 0 Å². The standard InChI is InChI=1S/C6H9N3O2/c1-3-6(2)7-4-5(8-6)9(10)11/h4H,3H2,1-2H3. The molecule has 0 aliphatic carbocycles. The van der Waals surface area contributed by atoms with Crippen LogP contribution in [0.5, 0.6) is 0 Å². The van der Waals surface area contributed by atoms with Crippen molar-refractivity contribution in [3.8, 4) is 0 Å². The molecule has 0 saturated carbocycles. The topological polar surface area (TPSA) is 67.9 Å². The fourth-order valence-electron chi connectivity index (χ4n) is 0.760. The summed E-state index contributed by atoms with van der Waals surface area (Å²) in [5.41, 5.74) is -0.595. The second-order valence-corrected chi connectivity index (χ2v) is 2.56. The summed E-state index contributed by atoms with van der Waals surface area (Å²) in [6.07, 6.45) is 1.89. The van der Waals surface area contributed by atoms with Crippen LogP contribution in [-0.4, -0.2) is 22.6 Å². The Balaban J connectivity index is 2.86. The Morgan fingerprint density at radius 1 is 1.82 bits per heavy atom.